The molecule has 0 saturated carbocycles. The average molecular weight is 608 g/mol. The quantitative estimate of drug-likeness (QED) is 0.318. The summed E-state index contributed by atoms with van der Waals surface area (Å²) in [5.41, 5.74) is 11.9. The molecule has 222 valence electrons. The summed E-state index contributed by atoms with van der Waals surface area (Å²) in [7, 11) is 1.86. The van der Waals surface area contributed by atoms with E-state index in [0.717, 1.165) is 61.2 Å². The number of halogens is 2. The molecule has 8 heteroatoms. The lowest BCUT2D eigenvalue weighted by molar-refractivity contribution is -0.118. The zero-order valence-corrected chi connectivity index (χ0v) is 26.1. The zero-order chi connectivity index (χ0) is 30.0. The molecule has 0 radical (unpaired) electrons. The number of carbonyl (C=O) groups excluding carboxylic acids is 2. The van der Waals surface area contributed by atoms with Crippen LogP contribution in [0.1, 0.15) is 64.2 Å². The summed E-state index contributed by atoms with van der Waals surface area (Å²) in [5, 5.41) is 4.50. The summed E-state index contributed by atoms with van der Waals surface area (Å²) in [6, 6.07) is 20.0. The molecular formula is C34H40Cl2N4O2. The van der Waals surface area contributed by atoms with Crippen molar-refractivity contribution in [2.75, 3.05) is 38.1 Å². The highest BCUT2D eigenvalue weighted by atomic mass is 35.5. The second kappa shape index (κ2) is 12.8. The Hall–Kier alpha value is -2.90. The highest BCUT2D eigenvalue weighted by Gasteiger charge is 2.52. The summed E-state index contributed by atoms with van der Waals surface area (Å²) >= 11 is 12.8. The largest absolute Gasteiger partial charge is 0.341 e. The molecule has 0 aromatic heterocycles. The van der Waals surface area contributed by atoms with Crippen LogP contribution < -0.4 is 16.0 Å². The van der Waals surface area contributed by atoms with Crippen LogP contribution in [0.4, 0.5) is 5.69 Å². The number of nitrogens with two attached hydrogens (primary N) is 1. The third-order valence-electron chi connectivity index (χ3n) is 9.10. The molecule has 1 spiro atoms. The molecule has 1 fully saturated rings. The fourth-order valence-electron chi connectivity index (χ4n) is 7.21. The number of benzene rings is 3. The highest BCUT2D eigenvalue weighted by Crippen LogP contribution is 2.52. The summed E-state index contributed by atoms with van der Waals surface area (Å²) in [4.78, 5) is 30.7. The first-order valence-electron chi connectivity index (χ1n) is 14.8. The monoisotopic (exact) mass is 606 g/mol. The lowest BCUT2D eigenvalue weighted by Gasteiger charge is -2.42. The first-order valence-corrected chi connectivity index (χ1v) is 15.5. The van der Waals surface area contributed by atoms with E-state index >= 15 is 0 Å². The number of nitrogens with zero attached hydrogens (tertiary/aromatic N) is 2. The van der Waals surface area contributed by atoms with E-state index in [0.29, 0.717) is 22.2 Å². The molecule has 2 heterocycles. The zero-order valence-electron chi connectivity index (χ0n) is 24.6. The van der Waals surface area contributed by atoms with Gasteiger partial charge in [-0.1, -0.05) is 64.7 Å². The molecule has 5 rings (SSSR count). The maximum Gasteiger partial charge on any atom is 0.253 e. The van der Waals surface area contributed by atoms with Crippen LogP contribution in [-0.2, 0) is 10.2 Å². The van der Waals surface area contributed by atoms with Crippen molar-refractivity contribution >= 4 is 40.7 Å². The van der Waals surface area contributed by atoms with Crippen LogP contribution in [0.2, 0.25) is 10.0 Å². The maximum absolute atomic E-state index is 13.6. The molecule has 3 N–H and O–H groups in total. The van der Waals surface area contributed by atoms with E-state index in [1.807, 2.05) is 62.2 Å². The first-order chi connectivity index (χ1) is 20.1. The normalized spacial score (nSPS) is 18.1. The van der Waals surface area contributed by atoms with E-state index in [4.69, 9.17) is 28.9 Å². The van der Waals surface area contributed by atoms with Crippen molar-refractivity contribution in [1.82, 2.24) is 10.2 Å². The van der Waals surface area contributed by atoms with E-state index in [1.165, 1.54) is 5.56 Å². The molecule has 0 bridgehead atoms. The van der Waals surface area contributed by atoms with Gasteiger partial charge < -0.3 is 20.9 Å². The minimum Gasteiger partial charge on any atom is -0.341 e. The van der Waals surface area contributed by atoms with E-state index in [9.17, 15) is 9.59 Å². The Kier molecular flexibility index (Phi) is 9.28. The first kappa shape index (κ1) is 30.6. The molecule has 2 atom stereocenters. The van der Waals surface area contributed by atoms with Crippen molar-refractivity contribution in [1.29, 1.82) is 0 Å². The number of hydrogen-bond acceptors (Lipinski definition) is 4. The van der Waals surface area contributed by atoms with E-state index < -0.39 is 0 Å². The summed E-state index contributed by atoms with van der Waals surface area (Å²) in [6.45, 7) is 6.28. The number of likely N-dealkylation sites (N-methyl/N-ethyl adjacent to an activating group) is 1. The fraction of sp³-hybridized carbons (Fsp3) is 0.412. The molecule has 1 unspecified atom stereocenters. The van der Waals surface area contributed by atoms with Gasteiger partial charge in [-0.3, -0.25) is 9.59 Å². The molecule has 3 aromatic rings. The van der Waals surface area contributed by atoms with Gasteiger partial charge in [-0.15, -0.1) is 0 Å². The Morgan fingerprint density at radius 1 is 1.02 bits per heavy atom. The lowest BCUT2D eigenvalue weighted by Crippen LogP contribution is -2.53. The van der Waals surface area contributed by atoms with Crippen LogP contribution >= 0.6 is 23.2 Å². The van der Waals surface area contributed by atoms with E-state index in [2.05, 4.69) is 29.6 Å². The van der Waals surface area contributed by atoms with Crippen molar-refractivity contribution in [2.45, 2.75) is 56.9 Å². The van der Waals surface area contributed by atoms with Gasteiger partial charge >= 0.3 is 0 Å². The van der Waals surface area contributed by atoms with Crippen LogP contribution in [-0.4, -0.2) is 56.0 Å². The minimum absolute atomic E-state index is 0.0167. The van der Waals surface area contributed by atoms with Crippen molar-refractivity contribution in [3.8, 4) is 0 Å². The molecule has 42 heavy (non-hydrogen) atoms. The van der Waals surface area contributed by atoms with Gasteiger partial charge in [-0.25, -0.2) is 0 Å². The summed E-state index contributed by atoms with van der Waals surface area (Å²) < 4.78 is 0. The topological polar surface area (TPSA) is 78.7 Å². The lowest BCUT2D eigenvalue weighted by atomic mass is 9.68. The summed E-state index contributed by atoms with van der Waals surface area (Å²) in [5.74, 6) is -0.0946. The van der Waals surface area contributed by atoms with Crippen molar-refractivity contribution in [2.24, 2.45) is 5.73 Å². The Balaban J connectivity index is 1.47. The molecule has 3 aromatic carbocycles. The molecule has 6 nitrogen and oxygen atoms in total. The van der Waals surface area contributed by atoms with Crippen LogP contribution in [0.3, 0.4) is 0 Å². The Morgan fingerprint density at radius 3 is 2.38 bits per heavy atom. The Bertz CT molecular complexity index is 1450. The third-order valence-corrected chi connectivity index (χ3v) is 9.84. The molecule has 2 aliphatic rings. The number of fused-ring (bicyclic) bond motifs is 2. The van der Waals surface area contributed by atoms with Gasteiger partial charge in [-0.05, 0) is 94.1 Å². The highest BCUT2D eigenvalue weighted by molar-refractivity contribution is 6.42. The predicted octanol–water partition coefficient (Wildman–Crippen LogP) is 6.24. The number of hydrogen-bond donors (Lipinski definition) is 2. The molecule has 2 amide bonds. The van der Waals surface area contributed by atoms with Crippen LogP contribution in [0.5, 0.6) is 0 Å². The maximum atomic E-state index is 13.6. The fourth-order valence-corrected chi connectivity index (χ4v) is 7.51. The standard InChI is InChI=1S/C34H40Cl2N4O2/c1-22-16-23(2)18-26(17-22)33(42)39(3)21-25(24-8-10-28(35)29(36)19-24)9-11-31-34(12-14-38-15-13-34)27-6-4-5-7-30(27)40(31)32(41)20-37/h4-8,10,16-19,25,31,38H,9,11-15,20-21,37H2,1-3H3/t25-,31?/m1/s1. The third kappa shape index (κ3) is 5.96. The number of anilines is 1. The minimum atomic E-state index is -0.143. The number of para-hydroxylation sites is 1. The van der Waals surface area contributed by atoms with Gasteiger partial charge in [0, 0.05) is 42.2 Å². The molecule has 0 aliphatic carbocycles. The number of nitrogens with one attached hydrogen (secondary N) is 1. The predicted molar refractivity (Wildman–Crippen MR) is 172 cm³/mol. The molecular weight excluding hydrogens is 567 g/mol. The van der Waals surface area contributed by atoms with Gasteiger partial charge in [0.05, 0.1) is 16.6 Å². The van der Waals surface area contributed by atoms with E-state index in [1.54, 1.807) is 4.90 Å². The average Bonchev–Trinajstić information content (AvgIpc) is 3.24. The van der Waals surface area contributed by atoms with Crippen LogP contribution in [0, 0.1) is 13.8 Å². The number of amides is 2. The van der Waals surface area contributed by atoms with Crippen LogP contribution in [0.25, 0.3) is 0 Å². The Morgan fingerprint density at radius 2 is 1.71 bits per heavy atom. The van der Waals surface area contributed by atoms with Crippen molar-refractivity contribution in [3.05, 3.63) is 98.5 Å². The molecule has 2 aliphatic heterocycles. The SMILES string of the molecule is Cc1cc(C)cc(C(=O)N(C)C[C@@H](CCC2N(C(=O)CN)c3ccccc3C23CCNCC3)c2ccc(Cl)c(Cl)c2)c1. The van der Waals surface area contributed by atoms with Gasteiger partial charge in [0.15, 0.2) is 0 Å². The second-order valence-electron chi connectivity index (χ2n) is 11.9. The number of aryl methyl sites for hydroxylation is 2. The van der Waals surface area contributed by atoms with Crippen molar-refractivity contribution in [3.63, 3.8) is 0 Å². The number of rotatable bonds is 8. The Labute approximate surface area is 259 Å². The van der Waals surface area contributed by atoms with Gasteiger partial charge in [0.1, 0.15) is 0 Å². The van der Waals surface area contributed by atoms with Gasteiger partial charge in [0.2, 0.25) is 5.91 Å². The van der Waals surface area contributed by atoms with E-state index in [-0.39, 0.29) is 35.7 Å². The number of piperidine rings is 1. The van der Waals surface area contributed by atoms with Gasteiger partial charge in [0.25, 0.3) is 5.91 Å². The smallest absolute Gasteiger partial charge is 0.253 e. The second-order valence-corrected chi connectivity index (χ2v) is 12.7. The molecule has 1 saturated heterocycles. The summed E-state index contributed by atoms with van der Waals surface area (Å²) in [6.07, 6.45) is 3.42. The van der Waals surface area contributed by atoms with Crippen molar-refractivity contribution < 1.29 is 9.59 Å². The van der Waals surface area contributed by atoms with Crippen LogP contribution in [0.15, 0.2) is 60.7 Å². The number of carbonyl (C=O) groups is 2. The van der Waals surface area contributed by atoms with Gasteiger partial charge in [-0.2, -0.15) is 0 Å².